The molecule has 2 nitrogen and oxygen atoms in total. The van der Waals surface area contributed by atoms with Gasteiger partial charge in [-0.3, -0.25) is 0 Å². The molecule has 0 heterocycles. The number of anilines is 1. The number of nitrogens with zero attached hydrogens (tertiary/aromatic N) is 1. The SMILES string of the molecule is CSCCCC(C#N)Nc1ccc(Cl)cc1. The van der Waals surface area contributed by atoms with Gasteiger partial charge in [0.15, 0.2) is 0 Å². The van der Waals surface area contributed by atoms with Crippen LogP contribution in [0.3, 0.4) is 0 Å². The molecule has 86 valence electrons. The number of rotatable bonds is 6. The van der Waals surface area contributed by atoms with Crippen LogP contribution in [0.25, 0.3) is 0 Å². The highest BCUT2D eigenvalue weighted by Gasteiger charge is 2.06. The second-order valence-electron chi connectivity index (χ2n) is 3.47. The van der Waals surface area contributed by atoms with Gasteiger partial charge < -0.3 is 5.32 Å². The highest BCUT2D eigenvalue weighted by molar-refractivity contribution is 7.98. The Hall–Kier alpha value is -0.850. The van der Waals surface area contributed by atoms with E-state index in [0.717, 1.165) is 24.3 Å². The van der Waals surface area contributed by atoms with Gasteiger partial charge in [-0.25, -0.2) is 0 Å². The molecule has 1 rings (SSSR count). The number of hydrogen-bond donors (Lipinski definition) is 1. The standard InChI is InChI=1S/C12H15ClN2S/c1-16-8-2-3-12(9-14)15-11-6-4-10(13)5-7-11/h4-7,12,15H,2-3,8H2,1H3. The Morgan fingerprint density at radius 3 is 2.69 bits per heavy atom. The molecule has 0 spiro atoms. The summed E-state index contributed by atoms with van der Waals surface area (Å²) in [4.78, 5) is 0. The number of halogens is 1. The number of hydrogen-bond acceptors (Lipinski definition) is 3. The van der Waals surface area contributed by atoms with Gasteiger partial charge >= 0.3 is 0 Å². The predicted molar refractivity (Wildman–Crippen MR) is 72.1 cm³/mol. The third-order valence-electron chi connectivity index (χ3n) is 2.18. The minimum Gasteiger partial charge on any atom is -0.370 e. The fourth-order valence-corrected chi connectivity index (χ4v) is 1.93. The van der Waals surface area contributed by atoms with Crippen LogP contribution in [0, 0.1) is 11.3 Å². The summed E-state index contributed by atoms with van der Waals surface area (Å²) < 4.78 is 0. The van der Waals surface area contributed by atoms with Crippen LogP contribution in [-0.4, -0.2) is 18.1 Å². The average molecular weight is 255 g/mol. The summed E-state index contributed by atoms with van der Waals surface area (Å²) in [5, 5.41) is 12.9. The Bertz CT molecular complexity index is 345. The molecule has 0 fully saturated rings. The Kier molecular flexibility index (Phi) is 6.14. The first-order valence-electron chi connectivity index (χ1n) is 5.17. The molecule has 1 aromatic rings. The summed E-state index contributed by atoms with van der Waals surface area (Å²) in [6.45, 7) is 0. The minimum absolute atomic E-state index is 0.117. The third-order valence-corrected chi connectivity index (χ3v) is 3.13. The van der Waals surface area contributed by atoms with Crippen molar-refractivity contribution < 1.29 is 0 Å². The van der Waals surface area contributed by atoms with Crippen molar-refractivity contribution in [3.05, 3.63) is 29.3 Å². The van der Waals surface area contributed by atoms with Gasteiger partial charge in [-0.1, -0.05) is 11.6 Å². The van der Waals surface area contributed by atoms with E-state index < -0.39 is 0 Å². The Balaban J connectivity index is 2.44. The molecular formula is C12H15ClN2S. The lowest BCUT2D eigenvalue weighted by molar-refractivity contribution is 0.755. The maximum Gasteiger partial charge on any atom is 0.114 e. The van der Waals surface area contributed by atoms with Crippen molar-refractivity contribution in [1.29, 1.82) is 5.26 Å². The number of nitrogens with one attached hydrogen (secondary N) is 1. The van der Waals surface area contributed by atoms with Crippen molar-refractivity contribution in [2.45, 2.75) is 18.9 Å². The zero-order valence-corrected chi connectivity index (χ0v) is 10.8. The molecule has 1 unspecified atom stereocenters. The summed E-state index contributed by atoms with van der Waals surface area (Å²) in [6, 6.07) is 9.57. The lowest BCUT2D eigenvalue weighted by Crippen LogP contribution is -2.17. The van der Waals surface area contributed by atoms with Crippen LogP contribution >= 0.6 is 23.4 Å². The lowest BCUT2D eigenvalue weighted by Gasteiger charge is -2.12. The zero-order valence-electron chi connectivity index (χ0n) is 9.24. The van der Waals surface area contributed by atoms with E-state index in [1.54, 1.807) is 0 Å². The maximum absolute atomic E-state index is 9.00. The van der Waals surface area contributed by atoms with E-state index in [4.69, 9.17) is 16.9 Å². The summed E-state index contributed by atoms with van der Waals surface area (Å²) in [6.07, 6.45) is 4.01. The quantitative estimate of drug-likeness (QED) is 0.785. The molecule has 0 bridgehead atoms. The van der Waals surface area contributed by atoms with Crippen LogP contribution in [0.5, 0.6) is 0 Å². The van der Waals surface area contributed by atoms with Crippen molar-refractivity contribution in [2.75, 3.05) is 17.3 Å². The van der Waals surface area contributed by atoms with Crippen molar-refractivity contribution in [2.24, 2.45) is 0 Å². The van der Waals surface area contributed by atoms with Gasteiger partial charge in [0.25, 0.3) is 0 Å². The molecule has 1 N–H and O–H groups in total. The second-order valence-corrected chi connectivity index (χ2v) is 4.89. The predicted octanol–water partition coefficient (Wildman–Crippen LogP) is 3.79. The molecule has 0 saturated carbocycles. The molecule has 1 atom stereocenters. The van der Waals surface area contributed by atoms with Gasteiger partial charge in [0, 0.05) is 10.7 Å². The third kappa shape index (κ3) is 4.78. The molecule has 16 heavy (non-hydrogen) atoms. The highest BCUT2D eigenvalue weighted by Crippen LogP contribution is 2.15. The van der Waals surface area contributed by atoms with Gasteiger partial charge in [0.05, 0.1) is 6.07 Å². The number of nitriles is 1. The normalized spacial score (nSPS) is 11.8. The second kappa shape index (κ2) is 7.43. The van der Waals surface area contributed by atoms with Gasteiger partial charge in [0.2, 0.25) is 0 Å². The van der Waals surface area contributed by atoms with Gasteiger partial charge in [0.1, 0.15) is 6.04 Å². The molecule has 4 heteroatoms. The van der Waals surface area contributed by atoms with E-state index in [1.807, 2.05) is 36.0 Å². The fourth-order valence-electron chi connectivity index (χ4n) is 1.35. The van der Waals surface area contributed by atoms with Crippen LogP contribution in [0.1, 0.15) is 12.8 Å². The first kappa shape index (κ1) is 13.2. The summed E-state index contributed by atoms with van der Waals surface area (Å²) in [5.74, 6) is 1.10. The van der Waals surface area contributed by atoms with Crippen LogP contribution in [0.15, 0.2) is 24.3 Å². The lowest BCUT2D eigenvalue weighted by atomic mass is 10.2. The van der Waals surface area contributed by atoms with E-state index in [1.165, 1.54) is 0 Å². The zero-order chi connectivity index (χ0) is 11.8. The molecule has 1 aromatic carbocycles. The molecule has 0 aliphatic carbocycles. The summed E-state index contributed by atoms with van der Waals surface area (Å²) >= 11 is 7.60. The molecule has 0 radical (unpaired) electrons. The summed E-state index contributed by atoms with van der Waals surface area (Å²) in [5.41, 5.74) is 0.945. The van der Waals surface area contributed by atoms with Crippen LogP contribution < -0.4 is 5.32 Å². The van der Waals surface area contributed by atoms with E-state index in [9.17, 15) is 0 Å². The first-order valence-corrected chi connectivity index (χ1v) is 6.94. The average Bonchev–Trinajstić information content (AvgIpc) is 2.31. The molecule has 0 aliphatic heterocycles. The largest absolute Gasteiger partial charge is 0.370 e. The minimum atomic E-state index is -0.117. The van der Waals surface area contributed by atoms with Crippen molar-refractivity contribution in [3.63, 3.8) is 0 Å². The smallest absolute Gasteiger partial charge is 0.114 e. The van der Waals surface area contributed by atoms with Crippen molar-refractivity contribution >= 4 is 29.1 Å². The number of thioether (sulfide) groups is 1. The number of benzene rings is 1. The topological polar surface area (TPSA) is 35.8 Å². The monoisotopic (exact) mass is 254 g/mol. The summed E-state index contributed by atoms with van der Waals surface area (Å²) in [7, 11) is 0. The van der Waals surface area contributed by atoms with E-state index in [-0.39, 0.29) is 6.04 Å². The van der Waals surface area contributed by atoms with Crippen LogP contribution in [0.2, 0.25) is 5.02 Å². The van der Waals surface area contributed by atoms with Crippen molar-refractivity contribution in [3.8, 4) is 6.07 Å². The maximum atomic E-state index is 9.00. The van der Waals surface area contributed by atoms with Gasteiger partial charge in [-0.05, 0) is 49.1 Å². The molecule has 0 aliphatic rings. The van der Waals surface area contributed by atoms with E-state index in [2.05, 4.69) is 17.6 Å². The highest BCUT2D eigenvalue weighted by atomic mass is 35.5. The molecule has 0 saturated heterocycles. The fraction of sp³-hybridized carbons (Fsp3) is 0.417. The Morgan fingerprint density at radius 2 is 2.12 bits per heavy atom. The van der Waals surface area contributed by atoms with Gasteiger partial charge in [-0.2, -0.15) is 17.0 Å². The van der Waals surface area contributed by atoms with Crippen LogP contribution in [-0.2, 0) is 0 Å². The van der Waals surface area contributed by atoms with E-state index >= 15 is 0 Å². The molecule has 0 amide bonds. The van der Waals surface area contributed by atoms with Crippen LogP contribution in [0.4, 0.5) is 5.69 Å². The first-order chi connectivity index (χ1) is 7.76. The van der Waals surface area contributed by atoms with E-state index in [0.29, 0.717) is 5.02 Å². The van der Waals surface area contributed by atoms with Crippen molar-refractivity contribution in [1.82, 2.24) is 0 Å². The molecule has 0 aromatic heterocycles. The molecular weight excluding hydrogens is 240 g/mol. The Morgan fingerprint density at radius 1 is 1.44 bits per heavy atom. The van der Waals surface area contributed by atoms with Gasteiger partial charge in [-0.15, -0.1) is 0 Å². The Labute approximate surface area is 106 Å².